The lowest BCUT2D eigenvalue weighted by atomic mass is 9.92. The molecule has 0 saturated carbocycles. The summed E-state index contributed by atoms with van der Waals surface area (Å²) >= 11 is 0. The predicted molar refractivity (Wildman–Crippen MR) is 534 cm³/mol. The van der Waals surface area contributed by atoms with E-state index in [1.165, 1.54) is 99.1 Å². The number of benzene rings is 21. The van der Waals surface area contributed by atoms with Gasteiger partial charge >= 0.3 is 0 Å². The van der Waals surface area contributed by atoms with Crippen LogP contribution in [0.4, 0.5) is 0 Å². The molecule has 27 aromatic rings. The summed E-state index contributed by atoms with van der Waals surface area (Å²) in [5.74, 6) is 0. The van der Waals surface area contributed by atoms with E-state index < -0.39 is 0 Å². The van der Waals surface area contributed by atoms with E-state index in [-0.39, 0.29) is 0 Å². The normalized spacial score (nSPS) is 11.7. The average Bonchev–Trinajstić information content (AvgIpc) is 1.73. The van der Waals surface area contributed by atoms with Crippen LogP contribution in [0, 0.1) is 0 Å². The van der Waals surface area contributed by atoms with Gasteiger partial charge in [0.15, 0.2) is 0 Å². The van der Waals surface area contributed by atoms with Gasteiger partial charge in [-0.05, 0) is 158 Å². The summed E-state index contributed by atoms with van der Waals surface area (Å²) in [4.78, 5) is 28.1. The van der Waals surface area contributed by atoms with Crippen LogP contribution < -0.4 is 0 Å². The van der Waals surface area contributed by atoms with Gasteiger partial charge in [-0.2, -0.15) is 0 Å². The van der Waals surface area contributed by atoms with Crippen molar-refractivity contribution in [3.8, 4) is 100 Å². The van der Waals surface area contributed by atoms with Gasteiger partial charge in [0, 0.05) is 119 Å². The Morgan fingerprint density at radius 2 is 0.349 bits per heavy atom. The molecule has 6 heterocycles. The highest BCUT2D eigenvalue weighted by atomic mass is 16.3. The zero-order chi connectivity index (χ0) is 85.0. The molecule has 0 atom stereocenters. The van der Waals surface area contributed by atoms with Gasteiger partial charge < -0.3 is 13.3 Å². The third-order valence-electron chi connectivity index (χ3n) is 25.8. The van der Waals surface area contributed by atoms with E-state index in [0.29, 0.717) is 0 Å². The van der Waals surface area contributed by atoms with Crippen LogP contribution in [0.2, 0.25) is 0 Å². The maximum atomic E-state index is 6.39. The van der Waals surface area contributed by atoms with Crippen LogP contribution >= 0.6 is 0 Å². The van der Waals surface area contributed by atoms with Crippen molar-refractivity contribution in [2.75, 3.05) is 0 Å². The Morgan fingerprint density at radius 1 is 0.124 bits per heavy atom. The SMILES string of the molecule is c1cc(-c2ccc(-c3ccc4c(c3)c3ccccc3c3nccnc43)cc2)cc(-c2cccc3c2oc2ccccc23)c1.c1ccc(-c2cccc3c2oc2ccccc23)c(-c2ccc(-c3ccc4c(c3)c3ccccc3c3nccnc43)cc2)c1.c1ccc2c(c1)oc1c(-c3ccc(-c4ccc(-c5ccc6c(c5)c5ccccc5c5nccnc65)cc4)cc3)cccc12. The molecule has 129 heavy (non-hydrogen) atoms. The van der Waals surface area contributed by atoms with Gasteiger partial charge in [-0.1, -0.05) is 358 Å². The van der Waals surface area contributed by atoms with Crippen LogP contribution in [-0.2, 0) is 0 Å². The second-order valence-electron chi connectivity index (χ2n) is 33.0. The average molecular weight is 1650 g/mol. The van der Waals surface area contributed by atoms with Crippen molar-refractivity contribution in [3.05, 3.63) is 438 Å². The first-order chi connectivity index (χ1) is 64.0. The summed E-state index contributed by atoms with van der Waals surface area (Å²) in [6.45, 7) is 0. The van der Waals surface area contributed by atoms with Gasteiger partial charge in [0.1, 0.15) is 33.5 Å². The Hall–Kier alpha value is -17.4. The Kier molecular flexibility index (Phi) is 17.7. The van der Waals surface area contributed by atoms with Gasteiger partial charge in [-0.15, -0.1) is 0 Å². The largest absolute Gasteiger partial charge is 0.455 e. The molecule has 9 nitrogen and oxygen atoms in total. The van der Waals surface area contributed by atoms with E-state index in [4.69, 9.17) is 23.2 Å². The quantitative estimate of drug-likeness (QED) is 0.130. The molecule has 0 N–H and O–H groups in total. The summed E-state index contributed by atoms with van der Waals surface area (Å²) in [5, 5.41) is 20.8. The number of furan rings is 3. The number of rotatable bonds is 9. The van der Waals surface area contributed by atoms with Gasteiger partial charge in [0.25, 0.3) is 0 Å². The lowest BCUT2D eigenvalue weighted by molar-refractivity contribution is 0.669. The second-order valence-corrected chi connectivity index (χ2v) is 33.0. The third kappa shape index (κ3) is 12.8. The smallest absolute Gasteiger partial charge is 0.143 e. The fraction of sp³-hybridized carbons (Fsp3) is 0. The molecular weight excluding hydrogens is 1570 g/mol. The maximum Gasteiger partial charge on any atom is 0.143 e. The van der Waals surface area contributed by atoms with Crippen molar-refractivity contribution in [1.82, 2.24) is 29.9 Å². The molecule has 0 fully saturated rings. The molecule has 0 radical (unpaired) electrons. The van der Waals surface area contributed by atoms with Crippen LogP contribution in [0.3, 0.4) is 0 Å². The molecular formula is C120H72N6O3. The Morgan fingerprint density at radius 3 is 0.713 bits per heavy atom. The summed E-state index contributed by atoms with van der Waals surface area (Å²) in [7, 11) is 0. The minimum Gasteiger partial charge on any atom is -0.455 e. The number of para-hydroxylation sites is 6. The number of aromatic nitrogens is 6. The molecule has 0 aliphatic rings. The highest BCUT2D eigenvalue weighted by Gasteiger charge is 2.21. The van der Waals surface area contributed by atoms with Gasteiger partial charge in [0.05, 0.1) is 33.1 Å². The fourth-order valence-corrected chi connectivity index (χ4v) is 19.6. The highest BCUT2D eigenvalue weighted by molar-refractivity contribution is 6.27. The molecule has 0 aliphatic heterocycles. The van der Waals surface area contributed by atoms with Gasteiger partial charge in [-0.25, -0.2) is 0 Å². The van der Waals surface area contributed by atoms with E-state index in [1.807, 2.05) is 36.4 Å². The minimum atomic E-state index is 0.912. The Balaban J connectivity index is 0.000000105. The first kappa shape index (κ1) is 74.2. The first-order valence-electron chi connectivity index (χ1n) is 43.5. The topological polar surface area (TPSA) is 117 Å². The van der Waals surface area contributed by atoms with Crippen LogP contribution in [0.1, 0.15) is 0 Å². The number of fused-ring (bicyclic) bond motifs is 27. The second kappa shape index (κ2) is 30.8. The number of hydrogen-bond donors (Lipinski definition) is 0. The van der Waals surface area contributed by atoms with E-state index in [2.05, 4.69) is 384 Å². The van der Waals surface area contributed by atoms with E-state index in [1.54, 1.807) is 37.2 Å². The molecule has 6 aromatic heterocycles. The lowest BCUT2D eigenvalue weighted by Crippen LogP contribution is -1.89. The lowest BCUT2D eigenvalue weighted by Gasteiger charge is -2.13. The van der Waals surface area contributed by atoms with Gasteiger partial charge in [0.2, 0.25) is 0 Å². The van der Waals surface area contributed by atoms with Crippen molar-refractivity contribution in [1.29, 1.82) is 0 Å². The minimum absolute atomic E-state index is 0.912. The number of hydrogen-bond acceptors (Lipinski definition) is 9. The van der Waals surface area contributed by atoms with Gasteiger partial charge in [-0.3, -0.25) is 29.9 Å². The molecule has 600 valence electrons. The molecule has 0 spiro atoms. The van der Waals surface area contributed by atoms with Crippen LogP contribution in [0.25, 0.3) is 264 Å². The zero-order valence-electron chi connectivity index (χ0n) is 69.5. The Labute approximate surface area is 739 Å². The maximum absolute atomic E-state index is 6.39. The molecule has 0 amide bonds. The third-order valence-corrected chi connectivity index (χ3v) is 25.8. The van der Waals surface area contributed by atoms with Crippen molar-refractivity contribution < 1.29 is 13.3 Å². The fourth-order valence-electron chi connectivity index (χ4n) is 19.6. The van der Waals surface area contributed by atoms with Crippen molar-refractivity contribution in [3.63, 3.8) is 0 Å². The predicted octanol–water partition coefficient (Wildman–Crippen LogP) is 32.5. The van der Waals surface area contributed by atoms with Crippen LogP contribution in [0.15, 0.2) is 451 Å². The monoisotopic (exact) mass is 1640 g/mol. The van der Waals surface area contributed by atoms with E-state index in [9.17, 15) is 0 Å². The highest BCUT2D eigenvalue weighted by Crippen LogP contribution is 2.46. The summed E-state index contributed by atoms with van der Waals surface area (Å²) in [6, 6.07) is 142. The van der Waals surface area contributed by atoms with Crippen LogP contribution in [-0.4, -0.2) is 29.9 Å². The summed E-state index contributed by atoms with van der Waals surface area (Å²) in [6.07, 6.45) is 10.6. The molecule has 21 aromatic carbocycles. The molecule has 9 heteroatoms. The van der Waals surface area contributed by atoms with E-state index >= 15 is 0 Å². The Bertz CT molecular complexity index is 9090. The van der Waals surface area contributed by atoms with Crippen molar-refractivity contribution in [2.24, 2.45) is 0 Å². The van der Waals surface area contributed by atoms with E-state index in [0.717, 1.165) is 165 Å². The molecule has 0 saturated heterocycles. The number of nitrogens with zero attached hydrogens (tertiary/aromatic N) is 6. The molecule has 0 aliphatic carbocycles. The molecule has 27 rings (SSSR count). The van der Waals surface area contributed by atoms with Crippen LogP contribution in [0.5, 0.6) is 0 Å². The molecule has 0 unspecified atom stereocenters. The zero-order valence-corrected chi connectivity index (χ0v) is 69.5. The van der Waals surface area contributed by atoms with Crippen molar-refractivity contribution >= 4 is 164 Å². The standard InChI is InChI=1S/3C40H24N2O/c1-2-11-33-31(9-1)36-24-28(19-20-34(36)39-38(33)41-21-22-42-39)26-17-15-25(16-18-26)27-7-5-8-29(23-27)30-12-6-13-35-32-10-3-4-14-37(32)43-40(30)35;1-2-9-29(34-13-7-14-35-31-11-5-6-15-37(31)43-40(34)35)28(8-1)26-18-16-25(17-19-26)27-20-21-33-36(24-27)30-10-3-4-12-32(30)38-39(33)42-23-22-41-38;1-2-8-33-31(6-1)36-24-29(20-21-34(36)39-38(33)41-22-23-42-39)27-14-12-25(13-15-27)26-16-18-28(19-17-26)30-9-5-10-35-32-7-3-4-11-37(32)43-40(30)35/h3*1-24H. The van der Waals surface area contributed by atoms with Crippen molar-refractivity contribution in [2.45, 2.75) is 0 Å². The summed E-state index contributed by atoms with van der Waals surface area (Å²) < 4.78 is 19.0. The molecule has 0 bridgehead atoms. The summed E-state index contributed by atoms with van der Waals surface area (Å²) in [5.41, 5.74) is 32.1. The first-order valence-corrected chi connectivity index (χ1v) is 43.5.